The van der Waals surface area contributed by atoms with Crippen molar-refractivity contribution in [3.63, 3.8) is 0 Å². The van der Waals surface area contributed by atoms with E-state index in [2.05, 4.69) is 23.6 Å². The summed E-state index contributed by atoms with van der Waals surface area (Å²) in [5.41, 5.74) is 0.945. The molecule has 0 radical (unpaired) electrons. The highest BCUT2D eigenvalue weighted by Crippen LogP contribution is 2.08. The number of rotatable bonds is 7. The van der Waals surface area contributed by atoms with Gasteiger partial charge in [0.2, 0.25) is 0 Å². The maximum atomic E-state index is 8.24. The van der Waals surface area contributed by atoms with Crippen LogP contribution in [0.15, 0.2) is 21.8 Å². The molecule has 0 fully saturated rings. The van der Waals surface area contributed by atoms with E-state index in [0.29, 0.717) is 0 Å². The average molecular weight is 191 g/mol. The highest BCUT2D eigenvalue weighted by Gasteiger charge is 1.91. The van der Waals surface area contributed by atoms with E-state index in [1.54, 1.807) is 6.21 Å². The van der Waals surface area contributed by atoms with Gasteiger partial charge in [0, 0.05) is 11.9 Å². The van der Waals surface area contributed by atoms with E-state index in [9.17, 15) is 0 Å². The molecule has 0 heterocycles. The molecular formula is C11H17N3. The Hall–Kier alpha value is -1.43. The van der Waals surface area contributed by atoms with Crippen LogP contribution in [0.3, 0.4) is 0 Å². The Morgan fingerprint density at radius 1 is 1.50 bits per heavy atom. The van der Waals surface area contributed by atoms with Crippen molar-refractivity contribution in [1.82, 2.24) is 0 Å². The Kier molecular flexibility index (Phi) is 8.67. The molecule has 0 unspecified atom stereocenters. The number of aliphatic imine (C=N–C) groups is 2. The molecule has 0 rings (SSSR count). The molecule has 0 aliphatic rings. The summed E-state index contributed by atoms with van der Waals surface area (Å²) in [6.07, 6.45) is 7.93. The van der Waals surface area contributed by atoms with Crippen molar-refractivity contribution in [2.75, 3.05) is 6.54 Å². The third kappa shape index (κ3) is 7.23. The lowest BCUT2D eigenvalue weighted by atomic mass is 10.1. The van der Waals surface area contributed by atoms with Gasteiger partial charge in [0.25, 0.3) is 0 Å². The van der Waals surface area contributed by atoms with Gasteiger partial charge in [-0.05, 0) is 25.6 Å². The van der Waals surface area contributed by atoms with E-state index in [0.717, 1.165) is 18.5 Å². The summed E-state index contributed by atoms with van der Waals surface area (Å²) < 4.78 is 0. The van der Waals surface area contributed by atoms with Gasteiger partial charge >= 0.3 is 0 Å². The standard InChI is InChI=1S/C11H17N3/c1-3-4-5-6-11(13-2)7-9-14-10-8-12/h7,9H,2-6,10H2,1H3/b11-7-,14-9?. The van der Waals surface area contributed by atoms with Crippen molar-refractivity contribution in [2.45, 2.75) is 32.6 Å². The smallest absolute Gasteiger partial charge is 0.126 e. The molecule has 3 heteroatoms. The Balaban J connectivity index is 3.87. The fourth-order valence-electron chi connectivity index (χ4n) is 1.00. The molecule has 0 aromatic rings. The maximum Gasteiger partial charge on any atom is 0.126 e. The third-order valence-corrected chi connectivity index (χ3v) is 1.77. The zero-order valence-electron chi connectivity index (χ0n) is 8.74. The third-order valence-electron chi connectivity index (χ3n) is 1.77. The normalized spacial score (nSPS) is 11.6. The summed E-state index contributed by atoms with van der Waals surface area (Å²) in [7, 11) is 0. The summed E-state index contributed by atoms with van der Waals surface area (Å²) in [5, 5.41) is 8.24. The van der Waals surface area contributed by atoms with Gasteiger partial charge in [0.05, 0.1) is 6.07 Å². The Bertz CT molecular complexity index is 246. The summed E-state index contributed by atoms with van der Waals surface area (Å²) in [4.78, 5) is 7.75. The molecule has 0 aromatic carbocycles. The SMILES string of the molecule is C=N/C(=C\C=NCC#N)CCCCC. The minimum absolute atomic E-state index is 0.204. The fourth-order valence-corrected chi connectivity index (χ4v) is 1.00. The average Bonchev–Trinajstić information content (AvgIpc) is 2.22. The number of nitrogens with zero attached hydrogens (tertiary/aromatic N) is 3. The van der Waals surface area contributed by atoms with Crippen LogP contribution in [0.2, 0.25) is 0 Å². The van der Waals surface area contributed by atoms with Gasteiger partial charge in [-0.25, -0.2) is 0 Å². The molecule has 0 bridgehead atoms. The van der Waals surface area contributed by atoms with Crippen LogP contribution in [-0.2, 0) is 0 Å². The topological polar surface area (TPSA) is 48.5 Å². The van der Waals surface area contributed by atoms with Gasteiger partial charge < -0.3 is 0 Å². The number of nitriles is 1. The Labute approximate surface area is 85.9 Å². The largest absolute Gasteiger partial charge is 0.278 e. The highest BCUT2D eigenvalue weighted by atomic mass is 14.7. The minimum atomic E-state index is 0.204. The monoisotopic (exact) mass is 191 g/mol. The lowest BCUT2D eigenvalue weighted by molar-refractivity contribution is 0.711. The number of hydrogen-bond donors (Lipinski definition) is 0. The van der Waals surface area contributed by atoms with Crippen molar-refractivity contribution in [3.8, 4) is 6.07 Å². The zero-order valence-corrected chi connectivity index (χ0v) is 8.74. The first kappa shape index (κ1) is 12.6. The van der Waals surface area contributed by atoms with Crippen LogP contribution in [0, 0.1) is 11.3 Å². The molecule has 76 valence electrons. The molecule has 0 spiro atoms. The summed E-state index contributed by atoms with van der Waals surface area (Å²) in [6, 6.07) is 1.94. The number of unbranched alkanes of at least 4 members (excludes halogenated alkanes) is 2. The fraction of sp³-hybridized carbons (Fsp3) is 0.545. The van der Waals surface area contributed by atoms with Crippen molar-refractivity contribution in [3.05, 3.63) is 11.8 Å². The zero-order chi connectivity index (χ0) is 10.6. The van der Waals surface area contributed by atoms with Crippen LogP contribution in [0.1, 0.15) is 32.6 Å². The molecule has 0 saturated heterocycles. The van der Waals surface area contributed by atoms with Crippen LogP contribution in [0.25, 0.3) is 0 Å². The maximum absolute atomic E-state index is 8.24. The first-order chi connectivity index (χ1) is 6.85. The lowest BCUT2D eigenvalue weighted by Gasteiger charge is -1.98. The molecule has 0 aliphatic carbocycles. The summed E-state index contributed by atoms with van der Waals surface area (Å²) in [5.74, 6) is 0. The van der Waals surface area contributed by atoms with Crippen LogP contribution < -0.4 is 0 Å². The van der Waals surface area contributed by atoms with Crippen LogP contribution in [-0.4, -0.2) is 19.5 Å². The highest BCUT2D eigenvalue weighted by molar-refractivity contribution is 5.72. The molecule has 3 nitrogen and oxygen atoms in total. The van der Waals surface area contributed by atoms with E-state index in [4.69, 9.17) is 5.26 Å². The van der Waals surface area contributed by atoms with Crippen molar-refractivity contribution in [2.24, 2.45) is 9.98 Å². The second kappa shape index (κ2) is 9.66. The van der Waals surface area contributed by atoms with E-state index >= 15 is 0 Å². The Morgan fingerprint density at radius 3 is 2.86 bits per heavy atom. The predicted molar refractivity (Wildman–Crippen MR) is 60.7 cm³/mol. The molecule has 0 amide bonds. The lowest BCUT2D eigenvalue weighted by Crippen LogP contribution is -1.82. The summed E-state index contributed by atoms with van der Waals surface area (Å²) >= 11 is 0. The first-order valence-electron chi connectivity index (χ1n) is 4.87. The first-order valence-corrected chi connectivity index (χ1v) is 4.87. The van der Waals surface area contributed by atoms with Gasteiger partial charge in [-0.1, -0.05) is 19.8 Å². The number of hydrogen-bond acceptors (Lipinski definition) is 3. The van der Waals surface area contributed by atoms with Crippen LogP contribution in [0.5, 0.6) is 0 Å². The molecule has 0 aromatic heterocycles. The molecular weight excluding hydrogens is 174 g/mol. The summed E-state index contributed by atoms with van der Waals surface area (Å²) in [6.45, 7) is 5.86. The minimum Gasteiger partial charge on any atom is -0.278 e. The van der Waals surface area contributed by atoms with E-state index in [-0.39, 0.29) is 6.54 Å². The van der Waals surface area contributed by atoms with Gasteiger partial charge in [-0.2, -0.15) is 5.26 Å². The van der Waals surface area contributed by atoms with E-state index in [1.807, 2.05) is 12.1 Å². The molecule has 0 saturated carbocycles. The molecule has 0 N–H and O–H groups in total. The molecule has 0 atom stereocenters. The number of allylic oxidation sites excluding steroid dienone is 2. The molecule has 14 heavy (non-hydrogen) atoms. The second-order valence-electron chi connectivity index (χ2n) is 2.92. The van der Waals surface area contributed by atoms with Crippen molar-refractivity contribution < 1.29 is 0 Å². The second-order valence-corrected chi connectivity index (χ2v) is 2.92. The van der Waals surface area contributed by atoms with Gasteiger partial charge in [0.1, 0.15) is 6.54 Å². The van der Waals surface area contributed by atoms with Crippen LogP contribution >= 0.6 is 0 Å². The van der Waals surface area contributed by atoms with Crippen molar-refractivity contribution in [1.29, 1.82) is 5.26 Å². The Morgan fingerprint density at radius 2 is 2.29 bits per heavy atom. The van der Waals surface area contributed by atoms with Gasteiger partial charge in [0.15, 0.2) is 0 Å². The quantitative estimate of drug-likeness (QED) is 0.347. The molecule has 0 aliphatic heterocycles. The predicted octanol–water partition coefficient (Wildman–Crippen LogP) is 2.75. The van der Waals surface area contributed by atoms with E-state index in [1.165, 1.54) is 12.8 Å². The van der Waals surface area contributed by atoms with Gasteiger partial charge in [-0.15, -0.1) is 0 Å². The van der Waals surface area contributed by atoms with E-state index < -0.39 is 0 Å². The van der Waals surface area contributed by atoms with Crippen molar-refractivity contribution >= 4 is 12.9 Å². The van der Waals surface area contributed by atoms with Gasteiger partial charge in [-0.3, -0.25) is 9.98 Å². The van der Waals surface area contributed by atoms with Crippen LogP contribution in [0.4, 0.5) is 0 Å².